The summed E-state index contributed by atoms with van der Waals surface area (Å²) < 4.78 is 4.66. The van der Waals surface area contributed by atoms with E-state index >= 15 is 0 Å². The number of allylic oxidation sites excluding steroid dienone is 1. The fourth-order valence-corrected chi connectivity index (χ4v) is 0.646. The molecule has 0 rings (SSSR count). The maximum atomic E-state index is 11.0. The monoisotopic (exact) mass is 165 g/mol. The Bertz CT molecular complexity index is 233. The van der Waals surface area contributed by atoms with Crippen molar-refractivity contribution in [3.63, 3.8) is 0 Å². The van der Waals surface area contributed by atoms with Gasteiger partial charge in [-0.05, 0) is 19.4 Å². The molecule has 3 heteroatoms. The quantitative estimate of drug-likeness (QED) is 0.467. The van der Waals surface area contributed by atoms with Crippen molar-refractivity contribution in [2.45, 2.75) is 13.3 Å². The fraction of sp³-hybridized carbons (Fsp3) is 0.444. The normalized spacial score (nSPS) is 10.7. The SMILES string of the molecule is C=C=CCC(C#N)C(=O)OCC. The van der Waals surface area contributed by atoms with E-state index < -0.39 is 11.9 Å². The minimum atomic E-state index is -0.723. The van der Waals surface area contributed by atoms with Gasteiger partial charge in [0, 0.05) is 0 Å². The first-order chi connectivity index (χ1) is 5.76. The molecule has 0 fully saturated rings. The summed E-state index contributed by atoms with van der Waals surface area (Å²) in [5.74, 6) is -1.20. The Morgan fingerprint density at radius 3 is 2.92 bits per heavy atom. The molecule has 0 aromatic heterocycles. The van der Waals surface area contributed by atoms with E-state index in [0.29, 0.717) is 13.0 Å². The molecule has 0 aliphatic heterocycles. The second-order valence-corrected chi connectivity index (χ2v) is 2.08. The highest BCUT2D eigenvalue weighted by Crippen LogP contribution is 2.04. The molecule has 0 radical (unpaired) electrons. The van der Waals surface area contributed by atoms with Crippen LogP contribution in [-0.2, 0) is 9.53 Å². The van der Waals surface area contributed by atoms with Crippen LogP contribution in [0.1, 0.15) is 13.3 Å². The van der Waals surface area contributed by atoms with Crippen LogP contribution >= 0.6 is 0 Å². The zero-order valence-corrected chi connectivity index (χ0v) is 7.04. The third-order valence-electron chi connectivity index (χ3n) is 1.22. The van der Waals surface area contributed by atoms with Crippen LogP contribution < -0.4 is 0 Å². The van der Waals surface area contributed by atoms with E-state index in [-0.39, 0.29) is 0 Å². The van der Waals surface area contributed by atoms with E-state index in [4.69, 9.17) is 5.26 Å². The lowest BCUT2D eigenvalue weighted by Gasteiger charge is -2.03. The Kier molecular flexibility index (Phi) is 5.42. The molecular formula is C9H11NO2. The molecule has 0 amide bonds. The second kappa shape index (κ2) is 6.21. The summed E-state index contributed by atoms with van der Waals surface area (Å²) in [5.41, 5.74) is 2.50. The van der Waals surface area contributed by atoms with Crippen molar-refractivity contribution in [3.8, 4) is 6.07 Å². The Balaban J connectivity index is 4.07. The highest BCUT2D eigenvalue weighted by atomic mass is 16.5. The number of nitriles is 1. The molecule has 0 aromatic carbocycles. The van der Waals surface area contributed by atoms with Gasteiger partial charge in [0.25, 0.3) is 0 Å². The molecule has 0 saturated heterocycles. The first-order valence-electron chi connectivity index (χ1n) is 3.66. The maximum Gasteiger partial charge on any atom is 0.323 e. The topological polar surface area (TPSA) is 50.1 Å². The van der Waals surface area contributed by atoms with Crippen LogP contribution in [0.25, 0.3) is 0 Å². The Hall–Kier alpha value is -1.52. The van der Waals surface area contributed by atoms with Gasteiger partial charge in [-0.15, -0.1) is 5.73 Å². The van der Waals surface area contributed by atoms with Crippen LogP contribution in [0.4, 0.5) is 0 Å². The fourth-order valence-electron chi connectivity index (χ4n) is 0.646. The van der Waals surface area contributed by atoms with Gasteiger partial charge in [0.15, 0.2) is 0 Å². The number of carbonyl (C=O) groups is 1. The lowest BCUT2D eigenvalue weighted by atomic mass is 10.1. The molecule has 0 saturated carbocycles. The van der Waals surface area contributed by atoms with Gasteiger partial charge in [-0.2, -0.15) is 5.26 Å². The molecule has 0 N–H and O–H groups in total. The van der Waals surface area contributed by atoms with Crippen LogP contribution in [-0.4, -0.2) is 12.6 Å². The Morgan fingerprint density at radius 1 is 1.83 bits per heavy atom. The number of rotatable bonds is 4. The lowest BCUT2D eigenvalue weighted by molar-refractivity contribution is -0.145. The highest BCUT2D eigenvalue weighted by Gasteiger charge is 2.16. The molecule has 3 nitrogen and oxygen atoms in total. The van der Waals surface area contributed by atoms with E-state index in [1.807, 2.05) is 6.07 Å². The van der Waals surface area contributed by atoms with Gasteiger partial charge in [-0.1, -0.05) is 6.58 Å². The van der Waals surface area contributed by atoms with Crippen LogP contribution in [0.15, 0.2) is 18.4 Å². The molecule has 0 aliphatic rings. The number of hydrogen-bond acceptors (Lipinski definition) is 3. The molecule has 12 heavy (non-hydrogen) atoms. The first-order valence-corrected chi connectivity index (χ1v) is 3.66. The summed E-state index contributed by atoms with van der Waals surface area (Å²) in [6, 6.07) is 1.85. The minimum Gasteiger partial charge on any atom is -0.465 e. The third-order valence-corrected chi connectivity index (χ3v) is 1.22. The van der Waals surface area contributed by atoms with E-state index in [1.54, 1.807) is 13.0 Å². The van der Waals surface area contributed by atoms with Gasteiger partial charge < -0.3 is 4.74 Å². The summed E-state index contributed by atoms with van der Waals surface area (Å²) in [5, 5.41) is 8.53. The molecule has 1 unspecified atom stereocenters. The van der Waals surface area contributed by atoms with Crippen molar-refractivity contribution >= 4 is 5.97 Å². The van der Waals surface area contributed by atoms with Crippen molar-refractivity contribution in [1.82, 2.24) is 0 Å². The zero-order valence-electron chi connectivity index (χ0n) is 7.04. The Labute approximate surface area is 71.9 Å². The largest absolute Gasteiger partial charge is 0.465 e. The smallest absolute Gasteiger partial charge is 0.323 e. The van der Waals surface area contributed by atoms with Crippen LogP contribution in [0.2, 0.25) is 0 Å². The van der Waals surface area contributed by atoms with Gasteiger partial charge in [0.05, 0.1) is 12.7 Å². The van der Waals surface area contributed by atoms with Crippen molar-refractivity contribution in [2.24, 2.45) is 5.92 Å². The minimum absolute atomic E-state index is 0.300. The average molecular weight is 165 g/mol. The van der Waals surface area contributed by atoms with Crippen molar-refractivity contribution in [3.05, 3.63) is 18.4 Å². The highest BCUT2D eigenvalue weighted by molar-refractivity contribution is 5.75. The summed E-state index contributed by atoms with van der Waals surface area (Å²) >= 11 is 0. The Morgan fingerprint density at radius 2 is 2.50 bits per heavy atom. The molecule has 0 aromatic rings. The first kappa shape index (κ1) is 10.5. The summed E-state index contributed by atoms with van der Waals surface area (Å²) in [6.07, 6.45) is 1.86. The predicted octanol–water partition coefficient (Wildman–Crippen LogP) is 1.42. The van der Waals surface area contributed by atoms with Crippen molar-refractivity contribution in [1.29, 1.82) is 5.26 Å². The maximum absolute atomic E-state index is 11.0. The van der Waals surface area contributed by atoms with Gasteiger partial charge in [-0.3, -0.25) is 4.79 Å². The van der Waals surface area contributed by atoms with E-state index in [9.17, 15) is 4.79 Å². The second-order valence-electron chi connectivity index (χ2n) is 2.08. The van der Waals surface area contributed by atoms with Gasteiger partial charge in [0.1, 0.15) is 5.92 Å². The van der Waals surface area contributed by atoms with Gasteiger partial charge in [-0.25, -0.2) is 0 Å². The zero-order chi connectivity index (χ0) is 9.40. The average Bonchev–Trinajstić information content (AvgIpc) is 2.06. The standard InChI is InChI=1S/C9H11NO2/c1-3-5-6-8(7-10)9(11)12-4-2/h5,8H,1,4,6H2,2H3. The van der Waals surface area contributed by atoms with Crippen molar-refractivity contribution < 1.29 is 9.53 Å². The number of ether oxygens (including phenoxy) is 1. The molecule has 1 atom stereocenters. The van der Waals surface area contributed by atoms with E-state index in [2.05, 4.69) is 17.0 Å². The van der Waals surface area contributed by atoms with Crippen LogP contribution in [0, 0.1) is 17.2 Å². The van der Waals surface area contributed by atoms with Crippen LogP contribution in [0.3, 0.4) is 0 Å². The van der Waals surface area contributed by atoms with Gasteiger partial charge >= 0.3 is 5.97 Å². The van der Waals surface area contributed by atoms with Crippen molar-refractivity contribution in [2.75, 3.05) is 6.61 Å². The summed E-state index contributed by atoms with van der Waals surface area (Å²) in [7, 11) is 0. The number of nitrogens with zero attached hydrogens (tertiary/aromatic N) is 1. The summed E-state index contributed by atoms with van der Waals surface area (Å²) in [4.78, 5) is 11.0. The number of esters is 1. The molecule has 0 aliphatic carbocycles. The molecule has 0 heterocycles. The van der Waals surface area contributed by atoms with E-state index in [0.717, 1.165) is 0 Å². The lowest BCUT2D eigenvalue weighted by Crippen LogP contribution is -2.15. The molecular weight excluding hydrogens is 154 g/mol. The predicted molar refractivity (Wildman–Crippen MR) is 44.1 cm³/mol. The van der Waals surface area contributed by atoms with Crippen LogP contribution in [0.5, 0.6) is 0 Å². The number of hydrogen-bond donors (Lipinski definition) is 0. The third kappa shape index (κ3) is 3.60. The molecule has 0 bridgehead atoms. The number of carbonyl (C=O) groups excluding carboxylic acids is 1. The molecule has 64 valence electrons. The van der Waals surface area contributed by atoms with E-state index in [1.165, 1.54) is 0 Å². The van der Waals surface area contributed by atoms with Gasteiger partial charge in [0.2, 0.25) is 0 Å². The summed E-state index contributed by atoms with van der Waals surface area (Å²) in [6.45, 7) is 5.33. The molecule has 0 spiro atoms.